The molecule has 1 aromatic rings. The van der Waals surface area contributed by atoms with Crippen LogP contribution in [0.1, 0.15) is 24.8 Å². The van der Waals surface area contributed by atoms with E-state index in [4.69, 9.17) is 0 Å². The first-order valence-corrected chi connectivity index (χ1v) is 7.03. The van der Waals surface area contributed by atoms with Gasteiger partial charge in [0.1, 0.15) is 0 Å². The Bertz CT molecular complexity index is 461. The molecular weight excluding hydrogens is 278 g/mol. The lowest BCUT2D eigenvalue weighted by Crippen LogP contribution is -2.16. The molecule has 1 N–H and O–H groups in total. The summed E-state index contributed by atoms with van der Waals surface area (Å²) in [5.41, 5.74) is 2.07. The molecule has 0 saturated heterocycles. The molecule has 2 unspecified atom stereocenters. The standard InChI is InChI=1S/C14H16BrNO/c1-8-7-9(5-6-12(8)15)16-14(17)13-10-3-2-4-11(10)13/h5-7,10-11,13H,2-4H2,1H3,(H,16,17). The Labute approximate surface area is 110 Å². The molecule has 90 valence electrons. The molecule has 2 nitrogen and oxygen atoms in total. The van der Waals surface area contributed by atoms with E-state index in [1.165, 1.54) is 19.3 Å². The maximum atomic E-state index is 12.1. The van der Waals surface area contributed by atoms with Gasteiger partial charge >= 0.3 is 0 Å². The summed E-state index contributed by atoms with van der Waals surface area (Å²) in [7, 11) is 0. The third-order valence-electron chi connectivity index (χ3n) is 4.13. The minimum Gasteiger partial charge on any atom is -0.326 e. The molecule has 0 spiro atoms. The van der Waals surface area contributed by atoms with Gasteiger partial charge in [0.2, 0.25) is 5.91 Å². The van der Waals surface area contributed by atoms with Crippen LogP contribution in [-0.4, -0.2) is 5.91 Å². The van der Waals surface area contributed by atoms with Gasteiger partial charge in [-0.15, -0.1) is 0 Å². The molecule has 0 aliphatic heterocycles. The van der Waals surface area contributed by atoms with Crippen molar-refractivity contribution in [1.29, 1.82) is 0 Å². The summed E-state index contributed by atoms with van der Waals surface area (Å²) in [6.07, 6.45) is 3.82. The van der Waals surface area contributed by atoms with Crippen LogP contribution in [0, 0.1) is 24.7 Å². The fourth-order valence-corrected chi connectivity index (χ4v) is 3.41. The highest BCUT2D eigenvalue weighted by Gasteiger charge is 2.56. The second kappa shape index (κ2) is 4.13. The Morgan fingerprint density at radius 1 is 1.35 bits per heavy atom. The highest BCUT2D eigenvalue weighted by atomic mass is 79.9. The molecule has 2 saturated carbocycles. The van der Waals surface area contributed by atoms with Crippen molar-refractivity contribution in [1.82, 2.24) is 0 Å². The number of anilines is 1. The fraction of sp³-hybridized carbons (Fsp3) is 0.500. The van der Waals surface area contributed by atoms with E-state index in [2.05, 4.69) is 21.2 Å². The van der Waals surface area contributed by atoms with Gasteiger partial charge in [-0.05, 0) is 55.4 Å². The second-order valence-corrected chi connectivity index (χ2v) is 6.09. The number of amides is 1. The number of rotatable bonds is 2. The predicted octanol–water partition coefficient (Wildman–Crippen LogP) is 3.74. The van der Waals surface area contributed by atoms with Crippen LogP contribution in [0.15, 0.2) is 22.7 Å². The Morgan fingerprint density at radius 2 is 2.06 bits per heavy atom. The molecule has 0 bridgehead atoms. The van der Waals surface area contributed by atoms with E-state index in [1.54, 1.807) is 0 Å². The smallest absolute Gasteiger partial charge is 0.228 e. The summed E-state index contributed by atoms with van der Waals surface area (Å²) in [4.78, 5) is 12.1. The Kier molecular flexibility index (Phi) is 2.74. The minimum atomic E-state index is 0.224. The number of halogens is 1. The van der Waals surface area contributed by atoms with Crippen molar-refractivity contribution in [3.63, 3.8) is 0 Å². The molecule has 0 heterocycles. The number of carbonyl (C=O) groups is 1. The SMILES string of the molecule is Cc1cc(NC(=O)C2C3CCCC32)ccc1Br. The first kappa shape index (κ1) is 11.3. The van der Waals surface area contributed by atoms with Crippen molar-refractivity contribution in [2.45, 2.75) is 26.2 Å². The predicted molar refractivity (Wildman–Crippen MR) is 71.8 cm³/mol. The number of carbonyl (C=O) groups excluding carboxylic acids is 1. The van der Waals surface area contributed by atoms with Gasteiger partial charge in [0.05, 0.1) is 0 Å². The Hall–Kier alpha value is -0.830. The van der Waals surface area contributed by atoms with Gasteiger partial charge in [-0.3, -0.25) is 4.79 Å². The maximum Gasteiger partial charge on any atom is 0.228 e. The van der Waals surface area contributed by atoms with Crippen LogP contribution in [0.3, 0.4) is 0 Å². The van der Waals surface area contributed by atoms with Crippen LogP contribution in [0.2, 0.25) is 0 Å². The number of hydrogen-bond donors (Lipinski definition) is 1. The van der Waals surface area contributed by atoms with E-state index < -0.39 is 0 Å². The minimum absolute atomic E-state index is 0.224. The molecule has 0 radical (unpaired) electrons. The second-order valence-electron chi connectivity index (χ2n) is 5.24. The molecule has 2 atom stereocenters. The average molecular weight is 294 g/mol. The monoisotopic (exact) mass is 293 g/mol. The molecule has 0 aromatic heterocycles. The van der Waals surface area contributed by atoms with Gasteiger partial charge in [0.25, 0.3) is 0 Å². The van der Waals surface area contributed by atoms with E-state index in [0.717, 1.165) is 15.7 Å². The summed E-state index contributed by atoms with van der Waals surface area (Å²) in [6, 6.07) is 5.95. The zero-order valence-corrected chi connectivity index (χ0v) is 11.5. The van der Waals surface area contributed by atoms with Crippen LogP contribution in [0.25, 0.3) is 0 Å². The van der Waals surface area contributed by atoms with Gasteiger partial charge in [-0.1, -0.05) is 22.4 Å². The van der Waals surface area contributed by atoms with Crippen LogP contribution in [-0.2, 0) is 4.79 Å². The lowest BCUT2D eigenvalue weighted by atomic mass is 10.1. The maximum absolute atomic E-state index is 12.1. The summed E-state index contributed by atoms with van der Waals surface area (Å²) >= 11 is 3.46. The number of aryl methyl sites for hydroxylation is 1. The van der Waals surface area contributed by atoms with Gasteiger partial charge < -0.3 is 5.32 Å². The van der Waals surface area contributed by atoms with E-state index in [-0.39, 0.29) is 5.91 Å². The van der Waals surface area contributed by atoms with E-state index >= 15 is 0 Å². The van der Waals surface area contributed by atoms with Crippen LogP contribution in [0.5, 0.6) is 0 Å². The van der Waals surface area contributed by atoms with Crippen LogP contribution in [0.4, 0.5) is 5.69 Å². The van der Waals surface area contributed by atoms with Crippen molar-refractivity contribution >= 4 is 27.5 Å². The molecular formula is C14H16BrNO. The lowest BCUT2D eigenvalue weighted by Gasteiger charge is -2.08. The first-order valence-electron chi connectivity index (χ1n) is 6.24. The van der Waals surface area contributed by atoms with Crippen molar-refractivity contribution < 1.29 is 4.79 Å². The van der Waals surface area contributed by atoms with Crippen LogP contribution < -0.4 is 5.32 Å². The molecule has 3 rings (SSSR count). The van der Waals surface area contributed by atoms with E-state index in [1.807, 2.05) is 25.1 Å². The number of benzene rings is 1. The Balaban J connectivity index is 1.67. The number of nitrogens with one attached hydrogen (secondary N) is 1. The summed E-state index contributed by atoms with van der Waals surface area (Å²) in [5.74, 6) is 1.90. The first-order chi connectivity index (χ1) is 8.16. The van der Waals surface area contributed by atoms with Crippen molar-refractivity contribution in [2.24, 2.45) is 17.8 Å². The lowest BCUT2D eigenvalue weighted by molar-refractivity contribution is -0.118. The van der Waals surface area contributed by atoms with Crippen molar-refractivity contribution in [2.75, 3.05) is 5.32 Å². The fourth-order valence-electron chi connectivity index (χ4n) is 3.16. The topological polar surface area (TPSA) is 29.1 Å². The molecule has 3 heteroatoms. The zero-order valence-electron chi connectivity index (χ0n) is 9.87. The largest absolute Gasteiger partial charge is 0.326 e. The Morgan fingerprint density at radius 3 is 2.71 bits per heavy atom. The highest BCUT2D eigenvalue weighted by Crippen LogP contribution is 2.57. The van der Waals surface area contributed by atoms with Crippen LogP contribution >= 0.6 is 15.9 Å². The third kappa shape index (κ3) is 2.01. The van der Waals surface area contributed by atoms with Crippen molar-refractivity contribution in [3.05, 3.63) is 28.2 Å². The van der Waals surface area contributed by atoms with Gasteiger partial charge in [0.15, 0.2) is 0 Å². The summed E-state index contributed by atoms with van der Waals surface area (Å²) < 4.78 is 1.08. The van der Waals surface area contributed by atoms with Gasteiger partial charge in [-0.25, -0.2) is 0 Å². The summed E-state index contributed by atoms with van der Waals surface area (Å²) in [6.45, 7) is 2.03. The molecule has 1 amide bonds. The quantitative estimate of drug-likeness (QED) is 0.884. The van der Waals surface area contributed by atoms with Crippen molar-refractivity contribution in [3.8, 4) is 0 Å². The zero-order chi connectivity index (χ0) is 12.0. The molecule has 2 aliphatic carbocycles. The highest BCUT2D eigenvalue weighted by molar-refractivity contribution is 9.10. The molecule has 17 heavy (non-hydrogen) atoms. The number of hydrogen-bond acceptors (Lipinski definition) is 1. The average Bonchev–Trinajstić information content (AvgIpc) is 2.78. The normalized spacial score (nSPS) is 29.9. The van der Waals surface area contributed by atoms with Gasteiger partial charge in [-0.2, -0.15) is 0 Å². The third-order valence-corrected chi connectivity index (χ3v) is 5.02. The van der Waals surface area contributed by atoms with E-state index in [9.17, 15) is 4.79 Å². The molecule has 1 aromatic carbocycles. The molecule has 2 fully saturated rings. The molecule has 2 aliphatic rings. The summed E-state index contributed by atoms with van der Waals surface area (Å²) in [5, 5.41) is 3.04. The van der Waals surface area contributed by atoms with E-state index in [0.29, 0.717) is 17.8 Å². The number of fused-ring (bicyclic) bond motifs is 1. The van der Waals surface area contributed by atoms with Gasteiger partial charge in [0, 0.05) is 16.1 Å².